The second kappa shape index (κ2) is 6.22. The minimum atomic E-state index is -0.568. The molecule has 1 unspecified atom stereocenters. The largest absolute Gasteiger partial charge is 0.494 e. The van der Waals surface area contributed by atoms with E-state index in [1.807, 2.05) is 19.2 Å². The van der Waals surface area contributed by atoms with E-state index in [0.29, 0.717) is 6.42 Å². The summed E-state index contributed by atoms with van der Waals surface area (Å²) < 4.78 is 18.5. The van der Waals surface area contributed by atoms with E-state index in [1.165, 1.54) is 36.6 Å². The van der Waals surface area contributed by atoms with Crippen molar-refractivity contribution in [3.63, 3.8) is 0 Å². The van der Waals surface area contributed by atoms with Gasteiger partial charge in [-0.1, -0.05) is 6.92 Å². The summed E-state index contributed by atoms with van der Waals surface area (Å²) in [5.41, 5.74) is -0.314. The van der Waals surface area contributed by atoms with Crippen molar-refractivity contribution in [2.75, 3.05) is 7.11 Å². The summed E-state index contributed by atoms with van der Waals surface area (Å²) in [6.45, 7) is 3.87. The lowest BCUT2D eigenvalue weighted by atomic mass is 9.99. The Morgan fingerprint density at radius 1 is 1.52 bits per heavy atom. The molecule has 0 radical (unpaired) electrons. The number of rotatable bonds is 5. The van der Waals surface area contributed by atoms with E-state index >= 15 is 0 Å². The van der Waals surface area contributed by atoms with Crippen LogP contribution >= 0.6 is 11.3 Å². The third-order valence-electron chi connectivity index (χ3n) is 3.41. The predicted molar refractivity (Wildman–Crippen MR) is 80.2 cm³/mol. The first-order valence-electron chi connectivity index (χ1n) is 6.56. The van der Waals surface area contributed by atoms with E-state index < -0.39 is 11.4 Å². The third kappa shape index (κ3) is 3.21. The van der Waals surface area contributed by atoms with Crippen LogP contribution in [0.4, 0.5) is 4.39 Å². The minimum Gasteiger partial charge on any atom is -0.494 e. The second-order valence-corrected chi connectivity index (χ2v) is 5.72. The zero-order valence-electron chi connectivity index (χ0n) is 12.1. The van der Waals surface area contributed by atoms with E-state index in [2.05, 4.69) is 10.3 Å². The van der Waals surface area contributed by atoms with Crippen LogP contribution in [0.1, 0.15) is 35.6 Å². The summed E-state index contributed by atoms with van der Waals surface area (Å²) in [7, 11) is 1.38. The standard InChI is InChI=1S/C15H17FN2O2S/c1-4-15(2,14-17-7-8-21-14)18-13(19)10-5-6-12(20-3)11(16)9-10/h5-9H,4H2,1-3H3,(H,18,19). The van der Waals surface area contributed by atoms with Crippen LogP contribution in [0.15, 0.2) is 29.8 Å². The maximum absolute atomic E-state index is 13.7. The molecule has 0 spiro atoms. The molecule has 2 rings (SSSR count). The van der Waals surface area contributed by atoms with Crippen LogP contribution < -0.4 is 10.1 Å². The van der Waals surface area contributed by atoms with Gasteiger partial charge in [-0.25, -0.2) is 9.37 Å². The summed E-state index contributed by atoms with van der Waals surface area (Å²) in [6.07, 6.45) is 2.39. The van der Waals surface area contributed by atoms with Crippen LogP contribution in [0, 0.1) is 5.82 Å². The van der Waals surface area contributed by atoms with E-state index in [0.717, 1.165) is 5.01 Å². The van der Waals surface area contributed by atoms with E-state index in [-0.39, 0.29) is 17.2 Å². The molecule has 0 aliphatic carbocycles. The Labute approximate surface area is 127 Å². The van der Waals surface area contributed by atoms with Crippen molar-refractivity contribution in [3.8, 4) is 5.75 Å². The topological polar surface area (TPSA) is 51.2 Å². The molecule has 6 heteroatoms. The first-order valence-corrected chi connectivity index (χ1v) is 7.44. The number of ether oxygens (including phenoxy) is 1. The van der Waals surface area contributed by atoms with Crippen molar-refractivity contribution in [2.24, 2.45) is 0 Å². The van der Waals surface area contributed by atoms with Crippen molar-refractivity contribution >= 4 is 17.2 Å². The highest BCUT2D eigenvalue weighted by molar-refractivity contribution is 7.09. The quantitative estimate of drug-likeness (QED) is 0.921. The van der Waals surface area contributed by atoms with Crippen LogP contribution in [0.5, 0.6) is 5.75 Å². The smallest absolute Gasteiger partial charge is 0.252 e. The maximum Gasteiger partial charge on any atom is 0.252 e. The van der Waals surface area contributed by atoms with Gasteiger partial charge in [0.1, 0.15) is 5.01 Å². The van der Waals surface area contributed by atoms with Gasteiger partial charge in [0, 0.05) is 17.1 Å². The van der Waals surface area contributed by atoms with Crippen LogP contribution in [0.3, 0.4) is 0 Å². The molecule has 0 aliphatic rings. The lowest BCUT2D eigenvalue weighted by Crippen LogP contribution is -2.43. The van der Waals surface area contributed by atoms with Gasteiger partial charge >= 0.3 is 0 Å². The van der Waals surface area contributed by atoms with Gasteiger partial charge in [0.2, 0.25) is 0 Å². The lowest BCUT2D eigenvalue weighted by Gasteiger charge is -2.27. The molecule has 1 heterocycles. The van der Waals surface area contributed by atoms with Crippen LogP contribution in [0.2, 0.25) is 0 Å². The number of thiazole rings is 1. The van der Waals surface area contributed by atoms with E-state index in [4.69, 9.17) is 4.74 Å². The summed E-state index contributed by atoms with van der Waals surface area (Å²) in [5.74, 6) is -0.779. The first-order chi connectivity index (χ1) is 10.00. The van der Waals surface area contributed by atoms with E-state index in [1.54, 1.807) is 6.20 Å². The number of benzene rings is 1. The van der Waals surface area contributed by atoms with Gasteiger partial charge in [0.15, 0.2) is 11.6 Å². The molecule has 1 amide bonds. The Morgan fingerprint density at radius 2 is 2.29 bits per heavy atom. The fourth-order valence-electron chi connectivity index (χ4n) is 1.92. The molecule has 1 aromatic heterocycles. The Bertz CT molecular complexity index is 631. The number of methoxy groups -OCH3 is 1. The normalized spacial score (nSPS) is 13.5. The summed E-state index contributed by atoms with van der Waals surface area (Å²) in [6, 6.07) is 4.15. The van der Waals surface area contributed by atoms with Crippen molar-refractivity contribution in [1.82, 2.24) is 10.3 Å². The van der Waals surface area contributed by atoms with Gasteiger partial charge in [0.05, 0.1) is 12.6 Å². The van der Waals surface area contributed by atoms with Crippen molar-refractivity contribution in [1.29, 1.82) is 0 Å². The Hall–Kier alpha value is -1.95. The van der Waals surface area contributed by atoms with Crippen LogP contribution in [-0.4, -0.2) is 18.0 Å². The van der Waals surface area contributed by atoms with Gasteiger partial charge in [0.25, 0.3) is 5.91 Å². The Kier molecular flexibility index (Phi) is 4.57. The molecular weight excluding hydrogens is 291 g/mol. The fourth-order valence-corrected chi connectivity index (χ4v) is 2.75. The highest BCUT2D eigenvalue weighted by Gasteiger charge is 2.29. The lowest BCUT2D eigenvalue weighted by molar-refractivity contribution is 0.0901. The number of nitrogens with one attached hydrogen (secondary N) is 1. The van der Waals surface area contributed by atoms with Gasteiger partial charge in [-0.05, 0) is 31.5 Å². The fraction of sp³-hybridized carbons (Fsp3) is 0.333. The highest BCUT2D eigenvalue weighted by Crippen LogP contribution is 2.27. The Morgan fingerprint density at radius 3 is 2.81 bits per heavy atom. The zero-order valence-corrected chi connectivity index (χ0v) is 13.0. The van der Waals surface area contributed by atoms with Crippen LogP contribution in [0.25, 0.3) is 0 Å². The monoisotopic (exact) mass is 308 g/mol. The maximum atomic E-state index is 13.7. The van der Waals surface area contributed by atoms with Gasteiger partial charge in [-0.2, -0.15) is 0 Å². The average Bonchev–Trinajstić information content (AvgIpc) is 3.01. The molecule has 0 saturated heterocycles. The molecular formula is C15H17FN2O2S. The molecule has 21 heavy (non-hydrogen) atoms. The molecule has 1 N–H and O–H groups in total. The Balaban J connectivity index is 2.22. The molecule has 1 atom stereocenters. The number of carbonyl (C=O) groups excluding carboxylic acids is 1. The molecule has 0 fully saturated rings. The van der Waals surface area contributed by atoms with Crippen molar-refractivity contribution < 1.29 is 13.9 Å². The molecule has 0 bridgehead atoms. The SMILES string of the molecule is CCC(C)(NC(=O)c1ccc(OC)c(F)c1)c1nccs1. The first kappa shape index (κ1) is 15.4. The molecule has 0 aliphatic heterocycles. The average molecular weight is 308 g/mol. The number of halogens is 1. The second-order valence-electron chi connectivity index (χ2n) is 4.83. The summed E-state index contributed by atoms with van der Waals surface area (Å²) in [5, 5.41) is 5.62. The number of hydrogen-bond donors (Lipinski definition) is 1. The molecule has 4 nitrogen and oxygen atoms in total. The van der Waals surface area contributed by atoms with Crippen molar-refractivity contribution in [2.45, 2.75) is 25.8 Å². The summed E-state index contributed by atoms with van der Waals surface area (Å²) in [4.78, 5) is 16.6. The third-order valence-corrected chi connectivity index (χ3v) is 4.45. The molecule has 0 saturated carbocycles. The number of carbonyl (C=O) groups is 1. The number of nitrogens with zero attached hydrogens (tertiary/aromatic N) is 1. The van der Waals surface area contributed by atoms with Gasteiger partial charge < -0.3 is 10.1 Å². The molecule has 112 valence electrons. The van der Waals surface area contributed by atoms with Crippen molar-refractivity contribution in [3.05, 3.63) is 46.2 Å². The molecule has 2 aromatic rings. The number of hydrogen-bond acceptors (Lipinski definition) is 4. The van der Waals surface area contributed by atoms with Gasteiger partial charge in [-0.3, -0.25) is 4.79 Å². The van der Waals surface area contributed by atoms with Crippen LogP contribution in [-0.2, 0) is 5.54 Å². The highest BCUT2D eigenvalue weighted by atomic mass is 32.1. The minimum absolute atomic E-state index is 0.115. The number of aromatic nitrogens is 1. The zero-order chi connectivity index (χ0) is 15.5. The summed E-state index contributed by atoms with van der Waals surface area (Å²) >= 11 is 1.48. The van der Waals surface area contributed by atoms with E-state index in [9.17, 15) is 9.18 Å². The molecule has 1 aromatic carbocycles. The number of amides is 1. The van der Waals surface area contributed by atoms with Gasteiger partial charge in [-0.15, -0.1) is 11.3 Å². The predicted octanol–water partition coefficient (Wildman–Crippen LogP) is 3.35.